The lowest BCUT2D eigenvalue weighted by atomic mass is 10.1. The van der Waals surface area contributed by atoms with Crippen LogP contribution in [0.5, 0.6) is 0 Å². The first-order valence-electron chi connectivity index (χ1n) is 5.92. The van der Waals surface area contributed by atoms with E-state index < -0.39 is 36.9 Å². The van der Waals surface area contributed by atoms with E-state index in [2.05, 4.69) is 4.74 Å². The van der Waals surface area contributed by atoms with Gasteiger partial charge >= 0.3 is 30.3 Å². The molecule has 1 aromatic carbocycles. The lowest BCUT2D eigenvalue weighted by Crippen LogP contribution is -2.59. The van der Waals surface area contributed by atoms with Crippen LogP contribution < -0.4 is 5.32 Å². The monoisotopic (exact) mass is 385 g/mol. The number of halogens is 9. The molecule has 1 amide bonds. The fourth-order valence-electron chi connectivity index (χ4n) is 1.31. The molecule has 0 aliphatic carbocycles. The van der Waals surface area contributed by atoms with Gasteiger partial charge in [0.2, 0.25) is 0 Å². The fourth-order valence-corrected chi connectivity index (χ4v) is 1.44. The Morgan fingerprint density at radius 1 is 1.08 bits per heavy atom. The average Bonchev–Trinajstić information content (AvgIpc) is 2.47. The Morgan fingerprint density at radius 3 is 2.04 bits per heavy atom. The molecule has 3 nitrogen and oxygen atoms in total. The second-order valence-electron chi connectivity index (χ2n) is 4.41. The van der Waals surface area contributed by atoms with E-state index in [1.54, 1.807) is 0 Å². The number of hydrogen-bond acceptors (Lipinski definition) is 2. The predicted octanol–water partition coefficient (Wildman–Crippen LogP) is 5.06. The van der Waals surface area contributed by atoms with E-state index in [0.29, 0.717) is 0 Å². The van der Waals surface area contributed by atoms with E-state index in [1.165, 1.54) is 24.3 Å². The Morgan fingerprint density at radius 2 is 1.58 bits per heavy atom. The van der Waals surface area contributed by atoms with Gasteiger partial charge in [-0.1, -0.05) is 11.6 Å². The van der Waals surface area contributed by atoms with Crippen molar-refractivity contribution >= 4 is 23.4 Å². The maximum Gasteiger partial charge on any atom is 0.411 e. The second kappa shape index (κ2) is 6.99. The molecule has 0 aliphatic heterocycles. The number of nitrogens with one attached hydrogen (secondary N) is 1. The third kappa shape index (κ3) is 4.19. The van der Waals surface area contributed by atoms with Crippen molar-refractivity contribution in [3.63, 3.8) is 0 Å². The normalized spacial score (nSPS) is 13.1. The SMILES string of the molecule is O=C(Nc1ccc(Cl)cc1)OCC(F)(F)C(F)(F)C(F)(F)C(F)F. The van der Waals surface area contributed by atoms with Crippen LogP contribution in [0.2, 0.25) is 5.02 Å². The molecule has 12 heteroatoms. The van der Waals surface area contributed by atoms with Gasteiger partial charge in [0.15, 0.2) is 6.61 Å². The molecule has 1 aromatic rings. The Bertz CT molecular complexity index is 579. The number of benzene rings is 1. The van der Waals surface area contributed by atoms with Crippen LogP contribution in [0, 0.1) is 0 Å². The van der Waals surface area contributed by atoms with Crippen molar-refractivity contribution < 1.29 is 44.7 Å². The average molecular weight is 386 g/mol. The van der Waals surface area contributed by atoms with Gasteiger partial charge in [0.1, 0.15) is 0 Å². The van der Waals surface area contributed by atoms with Crippen LogP contribution in [0.25, 0.3) is 0 Å². The summed E-state index contributed by atoms with van der Waals surface area (Å²) in [5, 5.41) is 2.08. The van der Waals surface area contributed by atoms with E-state index in [9.17, 15) is 39.9 Å². The van der Waals surface area contributed by atoms with Crippen molar-refractivity contribution in [1.82, 2.24) is 0 Å². The second-order valence-corrected chi connectivity index (χ2v) is 4.85. The first-order valence-corrected chi connectivity index (χ1v) is 6.30. The van der Waals surface area contributed by atoms with Crippen molar-refractivity contribution in [2.24, 2.45) is 0 Å². The van der Waals surface area contributed by atoms with E-state index >= 15 is 0 Å². The molecule has 0 saturated heterocycles. The minimum absolute atomic E-state index is 0.0302. The van der Waals surface area contributed by atoms with Crippen molar-refractivity contribution in [3.8, 4) is 0 Å². The molecule has 0 fully saturated rings. The highest BCUT2D eigenvalue weighted by Crippen LogP contribution is 2.48. The number of amides is 1. The predicted molar refractivity (Wildman–Crippen MR) is 67.3 cm³/mol. The maximum atomic E-state index is 13.1. The molecule has 1 rings (SSSR count). The largest absolute Gasteiger partial charge is 0.443 e. The number of ether oxygens (including phenoxy) is 1. The van der Waals surface area contributed by atoms with Crippen LogP contribution >= 0.6 is 11.6 Å². The van der Waals surface area contributed by atoms with Gasteiger partial charge in [0.05, 0.1) is 0 Å². The van der Waals surface area contributed by atoms with Gasteiger partial charge in [-0.25, -0.2) is 13.6 Å². The zero-order valence-corrected chi connectivity index (χ0v) is 12.1. The summed E-state index contributed by atoms with van der Waals surface area (Å²) in [5.74, 6) is -18.5. The third-order valence-corrected chi connectivity index (χ3v) is 2.88. The van der Waals surface area contributed by atoms with E-state index in [-0.39, 0.29) is 10.7 Å². The Balaban J connectivity index is 2.73. The van der Waals surface area contributed by atoms with Crippen LogP contribution in [0.3, 0.4) is 0 Å². The molecule has 0 spiro atoms. The summed E-state index contributed by atoms with van der Waals surface area (Å²) in [4.78, 5) is 11.2. The number of alkyl halides is 8. The van der Waals surface area contributed by atoms with Crippen molar-refractivity contribution in [2.45, 2.75) is 24.2 Å². The number of carbonyl (C=O) groups excluding carboxylic acids is 1. The van der Waals surface area contributed by atoms with E-state index in [4.69, 9.17) is 11.6 Å². The zero-order valence-electron chi connectivity index (χ0n) is 11.3. The summed E-state index contributed by atoms with van der Waals surface area (Å²) in [5.41, 5.74) is -0.0302. The minimum atomic E-state index is -6.44. The molecular formula is C12H8ClF8NO2. The molecular weight excluding hydrogens is 378 g/mol. The highest BCUT2D eigenvalue weighted by Gasteiger charge is 2.75. The van der Waals surface area contributed by atoms with Crippen molar-refractivity contribution in [1.29, 1.82) is 0 Å². The minimum Gasteiger partial charge on any atom is -0.443 e. The van der Waals surface area contributed by atoms with Crippen molar-refractivity contribution in [2.75, 3.05) is 11.9 Å². The number of rotatable bonds is 6. The lowest BCUT2D eigenvalue weighted by Gasteiger charge is -2.31. The molecule has 0 saturated carbocycles. The summed E-state index contributed by atoms with van der Waals surface area (Å²) >= 11 is 5.53. The summed E-state index contributed by atoms with van der Waals surface area (Å²) in [6.07, 6.45) is -6.73. The molecule has 0 aliphatic rings. The Hall–Kier alpha value is -1.78. The van der Waals surface area contributed by atoms with Crippen molar-refractivity contribution in [3.05, 3.63) is 29.3 Å². The highest BCUT2D eigenvalue weighted by molar-refractivity contribution is 6.30. The fraction of sp³-hybridized carbons (Fsp3) is 0.417. The van der Waals surface area contributed by atoms with Gasteiger partial charge in [0, 0.05) is 10.7 Å². The highest BCUT2D eigenvalue weighted by atomic mass is 35.5. The van der Waals surface area contributed by atoms with E-state index in [0.717, 1.165) is 0 Å². The summed E-state index contributed by atoms with van der Waals surface area (Å²) in [6.45, 7) is -2.54. The van der Waals surface area contributed by atoms with Gasteiger partial charge in [-0.3, -0.25) is 5.32 Å². The van der Waals surface area contributed by atoms with Crippen LogP contribution in [-0.2, 0) is 4.74 Å². The maximum absolute atomic E-state index is 13.1. The van der Waals surface area contributed by atoms with Crippen LogP contribution in [0.4, 0.5) is 45.6 Å². The molecule has 1 N–H and O–H groups in total. The van der Waals surface area contributed by atoms with Gasteiger partial charge < -0.3 is 4.74 Å². The summed E-state index contributed by atoms with van der Waals surface area (Å²) in [6, 6.07) is 4.95. The lowest BCUT2D eigenvalue weighted by molar-refractivity contribution is -0.343. The number of anilines is 1. The van der Waals surface area contributed by atoms with E-state index in [1.807, 2.05) is 5.32 Å². The molecule has 0 bridgehead atoms. The summed E-state index contributed by atoms with van der Waals surface area (Å²) in [7, 11) is 0. The zero-order chi connectivity index (χ0) is 18.8. The van der Waals surface area contributed by atoms with Crippen LogP contribution in [0.15, 0.2) is 24.3 Å². The first-order chi connectivity index (χ1) is 10.8. The van der Waals surface area contributed by atoms with Crippen LogP contribution in [-0.4, -0.2) is 36.9 Å². The number of carbonyl (C=O) groups is 1. The van der Waals surface area contributed by atoms with Gasteiger partial charge in [-0.2, -0.15) is 26.3 Å². The van der Waals surface area contributed by atoms with Gasteiger partial charge in [-0.05, 0) is 24.3 Å². The smallest absolute Gasteiger partial charge is 0.411 e. The van der Waals surface area contributed by atoms with Gasteiger partial charge in [0.25, 0.3) is 0 Å². The standard InChI is InChI=1S/C12H8ClF8NO2/c13-6-1-3-7(4-2-6)22-9(23)24-5-10(16,17)12(20,21)11(18,19)8(14)15/h1-4,8H,5H2,(H,22,23). The third-order valence-electron chi connectivity index (χ3n) is 2.63. The molecule has 0 radical (unpaired) electrons. The quantitative estimate of drug-likeness (QED) is 0.695. The molecule has 0 aromatic heterocycles. The van der Waals surface area contributed by atoms with Gasteiger partial charge in [-0.15, -0.1) is 0 Å². The molecule has 136 valence electrons. The van der Waals surface area contributed by atoms with Crippen LogP contribution in [0.1, 0.15) is 0 Å². The summed E-state index contributed by atoms with van der Waals surface area (Å²) < 4.78 is 105. The topological polar surface area (TPSA) is 38.3 Å². The molecule has 0 atom stereocenters. The number of hydrogen-bond donors (Lipinski definition) is 1. The Kier molecular flexibility index (Phi) is 5.91. The molecule has 0 heterocycles. The first kappa shape index (κ1) is 20.3. The molecule has 24 heavy (non-hydrogen) atoms. The molecule has 0 unspecified atom stereocenters. The Labute approximate surface area is 134 Å².